The van der Waals surface area contributed by atoms with Gasteiger partial charge in [-0.3, -0.25) is 9.79 Å². The molecule has 0 bridgehead atoms. The lowest BCUT2D eigenvalue weighted by molar-refractivity contribution is -0.146. The maximum atomic E-state index is 11.6. The van der Waals surface area contributed by atoms with Crippen LogP contribution in [-0.2, 0) is 16.1 Å². The Morgan fingerprint density at radius 3 is 2.79 bits per heavy atom. The quantitative estimate of drug-likeness (QED) is 0.512. The molecular weight excluding hydrogens is 310 g/mol. The van der Waals surface area contributed by atoms with Gasteiger partial charge in [-0.1, -0.05) is 6.07 Å². The van der Waals surface area contributed by atoms with Gasteiger partial charge in [0.2, 0.25) is 6.79 Å². The zero-order valence-corrected chi connectivity index (χ0v) is 14.1. The van der Waals surface area contributed by atoms with Crippen molar-refractivity contribution in [3.63, 3.8) is 0 Å². The number of esters is 1. The maximum absolute atomic E-state index is 11.6. The number of carbonyl (C=O) groups is 1. The number of hydrogen-bond acceptors (Lipinski definition) is 5. The average Bonchev–Trinajstić information content (AvgIpc) is 3.10. The highest BCUT2D eigenvalue weighted by Crippen LogP contribution is 2.32. The van der Waals surface area contributed by atoms with Crippen LogP contribution in [-0.4, -0.2) is 50.9 Å². The number of likely N-dealkylation sites (tertiary alicyclic amines) is 1. The van der Waals surface area contributed by atoms with Crippen LogP contribution in [0.3, 0.4) is 0 Å². The van der Waals surface area contributed by atoms with Gasteiger partial charge in [-0.2, -0.15) is 0 Å². The number of guanidine groups is 1. The standard InChI is InChI=1S/C17H23N3O4/c1-18-17(20-7-5-13(6-8-20)16(21)22-2)19-10-12-3-4-14-15(9-12)24-11-23-14/h3-4,9,13H,5-8,10-11H2,1-2H3,(H,18,19). The predicted octanol–water partition coefficient (Wildman–Crippen LogP) is 1.38. The number of rotatable bonds is 3. The van der Waals surface area contributed by atoms with Crippen LogP contribution in [0, 0.1) is 5.92 Å². The molecule has 0 radical (unpaired) electrons. The number of piperidine rings is 1. The minimum atomic E-state index is -0.113. The van der Waals surface area contributed by atoms with E-state index < -0.39 is 0 Å². The van der Waals surface area contributed by atoms with Gasteiger partial charge in [-0.05, 0) is 30.5 Å². The fourth-order valence-corrected chi connectivity index (χ4v) is 3.06. The monoisotopic (exact) mass is 333 g/mol. The van der Waals surface area contributed by atoms with Gasteiger partial charge in [-0.25, -0.2) is 0 Å². The van der Waals surface area contributed by atoms with Crippen molar-refractivity contribution in [1.29, 1.82) is 0 Å². The molecule has 24 heavy (non-hydrogen) atoms. The van der Waals surface area contributed by atoms with Crippen molar-refractivity contribution in [3.8, 4) is 11.5 Å². The van der Waals surface area contributed by atoms with E-state index in [4.69, 9.17) is 14.2 Å². The molecule has 0 spiro atoms. The van der Waals surface area contributed by atoms with E-state index in [1.807, 2.05) is 18.2 Å². The molecule has 2 heterocycles. The third kappa shape index (κ3) is 3.55. The van der Waals surface area contributed by atoms with Crippen molar-refractivity contribution in [2.75, 3.05) is 34.0 Å². The number of fused-ring (bicyclic) bond motifs is 1. The van der Waals surface area contributed by atoms with Crippen LogP contribution in [0.15, 0.2) is 23.2 Å². The van der Waals surface area contributed by atoms with E-state index in [1.54, 1.807) is 7.05 Å². The van der Waals surface area contributed by atoms with E-state index in [1.165, 1.54) is 7.11 Å². The maximum Gasteiger partial charge on any atom is 0.308 e. The first-order valence-electron chi connectivity index (χ1n) is 8.13. The predicted molar refractivity (Wildman–Crippen MR) is 89.1 cm³/mol. The smallest absolute Gasteiger partial charge is 0.308 e. The largest absolute Gasteiger partial charge is 0.469 e. The van der Waals surface area contributed by atoms with E-state index in [2.05, 4.69) is 15.2 Å². The van der Waals surface area contributed by atoms with Gasteiger partial charge in [0.05, 0.1) is 13.0 Å². The third-order valence-corrected chi connectivity index (χ3v) is 4.43. The Bertz CT molecular complexity index is 624. The van der Waals surface area contributed by atoms with Crippen molar-refractivity contribution in [1.82, 2.24) is 10.2 Å². The number of nitrogens with zero attached hydrogens (tertiary/aromatic N) is 2. The molecule has 0 aliphatic carbocycles. The number of hydrogen-bond donors (Lipinski definition) is 1. The normalized spacial score (nSPS) is 17.8. The average molecular weight is 333 g/mol. The third-order valence-electron chi connectivity index (χ3n) is 4.43. The van der Waals surface area contributed by atoms with Crippen LogP contribution in [0.2, 0.25) is 0 Å². The van der Waals surface area contributed by atoms with E-state index in [0.29, 0.717) is 6.54 Å². The molecule has 1 aromatic rings. The first-order chi connectivity index (χ1) is 11.7. The summed E-state index contributed by atoms with van der Waals surface area (Å²) in [4.78, 5) is 18.1. The highest BCUT2D eigenvalue weighted by atomic mass is 16.7. The topological polar surface area (TPSA) is 72.4 Å². The van der Waals surface area contributed by atoms with E-state index in [0.717, 1.165) is 49.0 Å². The van der Waals surface area contributed by atoms with Crippen molar-refractivity contribution < 1.29 is 19.0 Å². The summed E-state index contributed by atoms with van der Waals surface area (Å²) < 4.78 is 15.5. The minimum absolute atomic E-state index is 0.00165. The van der Waals surface area contributed by atoms with E-state index in [-0.39, 0.29) is 18.7 Å². The fraction of sp³-hybridized carbons (Fsp3) is 0.529. The molecule has 0 aromatic heterocycles. The first kappa shape index (κ1) is 16.4. The second kappa shape index (κ2) is 7.42. The lowest BCUT2D eigenvalue weighted by Gasteiger charge is -2.33. The molecule has 1 fully saturated rings. The van der Waals surface area contributed by atoms with Crippen molar-refractivity contribution in [2.24, 2.45) is 10.9 Å². The number of benzene rings is 1. The van der Waals surface area contributed by atoms with Gasteiger partial charge >= 0.3 is 5.97 Å². The van der Waals surface area contributed by atoms with Gasteiger partial charge in [-0.15, -0.1) is 0 Å². The molecule has 3 rings (SSSR count). The molecule has 0 unspecified atom stereocenters. The summed E-state index contributed by atoms with van der Waals surface area (Å²) in [6, 6.07) is 5.91. The molecule has 0 saturated carbocycles. The SMILES string of the molecule is CN=C(NCc1ccc2c(c1)OCO2)N1CCC(C(=O)OC)CC1. The highest BCUT2D eigenvalue weighted by molar-refractivity contribution is 5.80. The van der Waals surface area contributed by atoms with Gasteiger partial charge in [0.1, 0.15) is 0 Å². The Hall–Kier alpha value is -2.44. The van der Waals surface area contributed by atoms with Crippen LogP contribution < -0.4 is 14.8 Å². The molecule has 0 amide bonds. The van der Waals surface area contributed by atoms with Gasteiger partial charge in [0.15, 0.2) is 17.5 Å². The summed E-state index contributed by atoms with van der Waals surface area (Å²) >= 11 is 0. The number of methoxy groups -OCH3 is 1. The molecule has 7 nitrogen and oxygen atoms in total. The summed E-state index contributed by atoms with van der Waals surface area (Å²) in [6.45, 7) is 2.52. The van der Waals surface area contributed by atoms with Crippen molar-refractivity contribution in [3.05, 3.63) is 23.8 Å². The Kier molecular flexibility index (Phi) is 5.08. The second-order valence-corrected chi connectivity index (χ2v) is 5.87. The first-order valence-corrected chi connectivity index (χ1v) is 8.13. The minimum Gasteiger partial charge on any atom is -0.469 e. The summed E-state index contributed by atoms with van der Waals surface area (Å²) in [5.41, 5.74) is 1.10. The summed E-state index contributed by atoms with van der Waals surface area (Å²) in [5, 5.41) is 3.37. The lowest BCUT2D eigenvalue weighted by atomic mass is 9.97. The van der Waals surface area contributed by atoms with Crippen molar-refractivity contribution >= 4 is 11.9 Å². The molecule has 2 aliphatic rings. The molecular formula is C17H23N3O4. The molecule has 1 saturated heterocycles. The summed E-state index contributed by atoms with van der Waals surface area (Å²) in [6.07, 6.45) is 1.58. The number of nitrogens with one attached hydrogen (secondary N) is 1. The van der Waals surface area contributed by atoms with Crippen LogP contribution >= 0.6 is 0 Å². The van der Waals surface area contributed by atoms with Gasteiger partial charge in [0.25, 0.3) is 0 Å². The molecule has 1 N–H and O–H groups in total. The number of ether oxygens (including phenoxy) is 3. The fourth-order valence-electron chi connectivity index (χ4n) is 3.06. The van der Waals surface area contributed by atoms with Crippen molar-refractivity contribution in [2.45, 2.75) is 19.4 Å². The zero-order valence-electron chi connectivity index (χ0n) is 14.1. The summed E-state index contributed by atoms with van der Waals surface area (Å²) in [5.74, 6) is 2.29. The second-order valence-electron chi connectivity index (χ2n) is 5.87. The zero-order chi connectivity index (χ0) is 16.9. The number of carbonyl (C=O) groups excluding carboxylic acids is 1. The number of aliphatic imine (C=N–C) groups is 1. The van der Waals surface area contributed by atoms with Crippen LogP contribution in [0.25, 0.3) is 0 Å². The molecule has 0 atom stereocenters. The Labute approximate surface area is 141 Å². The Morgan fingerprint density at radius 2 is 2.08 bits per heavy atom. The van der Waals surface area contributed by atoms with Crippen LogP contribution in [0.1, 0.15) is 18.4 Å². The van der Waals surface area contributed by atoms with Gasteiger partial charge < -0.3 is 24.4 Å². The van der Waals surface area contributed by atoms with Crippen LogP contribution in [0.5, 0.6) is 11.5 Å². The Balaban J connectivity index is 1.53. The highest BCUT2D eigenvalue weighted by Gasteiger charge is 2.27. The lowest BCUT2D eigenvalue weighted by Crippen LogP contribution is -2.46. The molecule has 7 heteroatoms. The molecule has 2 aliphatic heterocycles. The van der Waals surface area contributed by atoms with E-state index in [9.17, 15) is 4.79 Å². The molecule has 1 aromatic carbocycles. The molecule has 130 valence electrons. The summed E-state index contributed by atoms with van der Waals surface area (Å²) in [7, 11) is 3.22. The van der Waals surface area contributed by atoms with Crippen LogP contribution in [0.4, 0.5) is 0 Å². The van der Waals surface area contributed by atoms with Gasteiger partial charge in [0, 0.05) is 26.7 Å². The Morgan fingerprint density at radius 1 is 1.33 bits per heavy atom. The van der Waals surface area contributed by atoms with E-state index >= 15 is 0 Å².